The molecule has 0 unspecified atom stereocenters. The summed E-state index contributed by atoms with van der Waals surface area (Å²) in [4.78, 5) is 12.3. The molecule has 0 radical (unpaired) electrons. The van der Waals surface area contributed by atoms with Crippen LogP contribution in [0.3, 0.4) is 0 Å². The van der Waals surface area contributed by atoms with Gasteiger partial charge in [-0.15, -0.1) is 0 Å². The molecule has 0 aromatic heterocycles. The molecule has 3 rings (SSSR count). The van der Waals surface area contributed by atoms with Crippen molar-refractivity contribution in [3.63, 3.8) is 0 Å². The fraction of sp³-hybridized carbons (Fsp3) is 0.0833. The molecule has 0 heterocycles. The van der Waals surface area contributed by atoms with Crippen LogP contribution >= 0.6 is 11.6 Å². The molecule has 2 N–H and O–H groups in total. The minimum absolute atomic E-state index is 0.0924. The second-order valence-corrected chi connectivity index (χ2v) is 6.82. The number of amides is 1. The number of anilines is 1. The molecular formula is C24H22ClN3O. The van der Waals surface area contributed by atoms with Crippen molar-refractivity contribution in [3.05, 3.63) is 107 Å². The van der Waals surface area contributed by atoms with E-state index < -0.39 is 0 Å². The SMILES string of the molecule is Cc1c(Cl)cccc1NCC(=O)N/N=C(/C=C/c1ccccc1)c1ccccc1. The quantitative estimate of drug-likeness (QED) is 0.415. The number of allylic oxidation sites excluding steroid dienone is 1. The summed E-state index contributed by atoms with van der Waals surface area (Å²) in [5.74, 6) is -0.245. The number of hydrogen-bond acceptors (Lipinski definition) is 3. The maximum atomic E-state index is 12.3. The molecule has 3 aromatic carbocycles. The minimum atomic E-state index is -0.245. The van der Waals surface area contributed by atoms with E-state index in [1.165, 1.54) is 0 Å². The molecular weight excluding hydrogens is 382 g/mol. The van der Waals surface area contributed by atoms with Crippen molar-refractivity contribution in [1.82, 2.24) is 5.43 Å². The number of nitrogens with zero attached hydrogens (tertiary/aromatic N) is 1. The Morgan fingerprint density at radius 2 is 1.66 bits per heavy atom. The lowest BCUT2D eigenvalue weighted by molar-refractivity contribution is -0.119. The Labute approximate surface area is 175 Å². The lowest BCUT2D eigenvalue weighted by atomic mass is 10.1. The summed E-state index contributed by atoms with van der Waals surface area (Å²) >= 11 is 6.11. The van der Waals surface area contributed by atoms with E-state index in [-0.39, 0.29) is 12.5 Å². The van der Waals surface area contributed by atoms with Crippen LogP contribution in [0.25, 0.3) is 6.08 Å². The average molecular weight is 404 g/mol. The van der Waals surface area contributed by atoms with Crippen LogP contribution in [0.15, 0.2) is 90.0 Å². The van der Waals surface area contributed by atoms with Gasteiger partial charge < -0.3 is 5.32 Å². The lowest BCUT2D eigenvalue weighted by Gasteiger charge is -2.10. The van der Waals surface area contributed by atoms with Crippen LogP contribution in [-0.2, 0) is 4.79 Å². The normalized spacial score (nSPS) is 11.4. The molecule has 29 heavy (non-hydrogen) atoms. The van der Waals surface area contributed by atoms with Crippen LogP contribution in [0.2, 0.25) is 5.02 Å². The molecule has 0 aliphatic rings. The third-order valence-electron chi connectivity index (χ3n) is 4.31. The fourth-order valence-electron chi connectivity index (χ4n) is 2.68. The standard InChI is InChI=1S/C24H22ClN3O/c1-18-21(25)13-8-14-22(18)26-17-24(29)28-27-23(20-11-6-3-7-12-20)16-15-19-9-4-2-5-10-19/h2-16,26H,17H2,1H3,(H,28,29)/b16-15+,27-23-. The zero-order valence-corrected chi connectivity index (χ0v) is 16.9. The zero-order chi connectivity index (χ0) is 20.5. The number of hydrogen-bond donors (Lipinski definition) is 2. The third kappa shape index (κ3) is 6.06. The second kappa shape index (κ2) is 10.2. The van der Waals surface area contributed by atoms with Gasteiger partial charge in [0.05, 0.1) is 12.3 Å². The Kier molecular flexibility index (Phi) is 7.20. The molecule has 0 aliphatic carbocycles. The smallest absolute Gasteiger partial charge is 0.259 e. The van der Waals surface area contributed by atoms with Crippen LogP contribution in [0.4, 0.5) is 5.69 Å². The van der Waals surface area contributed by atoms with Gasteiger partial charge in [-0.1, -0.05) is 84.4 Å². The second-order valence-electron chi connectivity index (χ2n) is 6.41. The Morgan fingerprint density at radius 1 is 0.966 bits per heavy atom. The molecule has 0 spiro atoms. The van der Waals surface area contributed by atoms with E-state index in [4.69, 9.17) is 11.6 Å². The summed E-state index contributed by atoms with van der Waals surface area (Å²) in [6.07, 6.45) is 3.85. The summed E-state index contributed by atoms with van der Waals surface area (Å²) in [6.45, 7) is 2.00. The Hall–Kier alpha value is -3.37. The Bertz CT molecular complexity index is 1010. The molecule has 0 bridgehead atoms. The number of benzene rings is 3. The maximum absolute atomic E-state index is 12.3. The van der Waals surface area contributed by atoms with Gasteiger partial charge in [0.15, 0.2) is 0 Å². The summed E-state index contributed by atoms with van der Waals surface area (Å²) < 4.78 is 0. The predicted molar refractivity (Wildman–Crippen MR) is 121 cm³/mol. The van der Waals surface area contributed by atoms with Crippen LogP contribution in [0, 0.1) is 6.92 Å². The summed E-state index contributed by atoms with van der Waals surface area (Å²) in [6, 6.07) is 25.2. The van der Waals surface area contributed by atoms with Gasteiger partial charge in [0, 0.05) is 16.3 Å². The highest BCUT2D eigenvalue weighted by Gasteiger charge is 2.06. The van der Waals surface area contributed by atoms with E-state index in [0.29, 0.717) is 10.7 Å². The van der Waals surface area contributed by atoms with Gasteiger partial charge in [-0.3, -0.25) is 4.79 Å². The third-order valence-corrected chi connectivity index (χ3v) is 4.72. The van der Waals surface area contributed by atoms with E-state index in [9.17, 15) is 4.79 Å². The first-order valence-electron chi connectivity index (χ1n) is 9.27. The van der Waals surface area contributed by atoms with Gasteiger partial charge >= 0.3 is 0 Å². The van der Waals surface area contributed by atoms with Crippen molar-refractivity contribution in [2.24, 2.45) is 5.10 Å². The molecule has 0 aliphatic heterocycles. The fourth-order valence-corrected chi connectivity index (χ4v) is 2.86. The Morgan fingerprint density at radius 3 is 2.38 bits per heavy atom. The van der Waals surface area contributed by atoms with Crippen molar-refractivity contribution in [1.29, 1.82) is 0 Å². The largest absolute Gasteiger partial charge is 0.376 e. The topological polar surface area (TPSA) is 53.5 Å². The monoisotopic (exact) mass is 403 g/mol. The van der Waals surface area contributed by atoms with Crippen molar-refractivity contribution >= 4 is 35.0 Å². The summed E-state index contributed by atoms with van der Waals surface area (Å²) in [5, 5.41) is 8.07. The Balaban J connectivity index is 1.69. The first-order chi connectivity index (χ1) is 14.1. The van der Waals surface area contributed by atoms with Gasteiger partial charge in [-0.25, -0.2) is 5.43 Å². The van der Waals surface area contributed by atoms with Crippen molar-refractivity contribution < 1.29 is 4.79 Å². The predicted octanol–water partition coefficient (Wildman–Crippen LogP) is 5.29. The van der Waals surface area contributed by atoms with Gasteiger partial charge in [0.25, 0.3) is 5.91 Å². The number of halogens is 1. The number of nitrogens with one attached hydrogen (secondary N) is 2. The number of hydrazone groups is 1. The molecule has 0 fully saturated rings. The van der Waals surface area contributed by atoms with Crippen LogP contribution in [0.1, 0.15) is 16.7 Å². The molecule has 4 nitrogen and oxygen atoms in total. The highest BCUT2D eigenvalue weighted by molar-refractivity contribution is 6.31. The molecule has 5 heteroatoms. The molecule has 0 saturated heterocycles. The number of rotatable bonds is 7. The van der Waals surface area contributed by atoms with Crippen molar-refractivity contribution in [3.8, 4) is 0 Å². The maximum Gasteiger partial charge on any atom is 0.259 e. The van der Waals surface area contributed by atoms with Crippen LogP contribution in [-0.4, -0.2) is 18.2 Å². The number of carbonyl (C=O) groups is 1. The first kappa shape index (κ1) is 20.4. The van der Waals surface area contributed by atoms with E-state index in [2.05, 4.69) is 15.8 Å². The molecule has 146 valence electrons. The minimum Gasteiger partial charge on any atom is -0.376 e. The van der Waals surface area contributed by atoms with Gasteiger partial charge in [-0.05, 0) is 36.3 Å². The molecule has 1 amide bonds. The van der Waals surface area contributed by atoms with E-state index >= 15 is 0 Å². The van der Waals surface area contributed by atoms with Crippen molar-refractivity contribution in [2.75, 3.05) is 11.9 Å². The summed E-state index contributed by atoms with van der Waals surface area (Å²) in [5.41, 5.74) is 6.99. The molecule has 3 aromatic rings. The highest BCUT2D eigenvalue weighted by atomic mass is 35.5. The van der Waals surface area contributed by atoms with Crippen molar-refractivity contribution in [2.45, 2.75) is 6.92 Å². The van der Waals surface area contributed by atoms with Gasteiger partial charge in [-0.2, -0.15) is 5.10 Å². The van der Waals surface area contributed by atoms with Crippen LogP contribution < -0.4 is 10.7 Å². The zero-order valence-electron chi connectivity index (χ0n) is 16.1. The first-order valence-corrected chi connectivity index (χ1v) is 9.65. The average Bonchev–Trinajstić information content (AvgIpc) is 2.76. The van der Waals surface area contributed by atoms with E-state index in [0.717, 1.165) is 22.4 Å². The van der Waals surface area contributed by atoms with E-state index in [1.54, 1.807) is 0 Å². The van der Waals surface area contributed by atoms with Gasteiger partial charge in [0.2, 0.25) is 0 Å². The molecule has 0 saturated carbocycles. The van der Waals surface area contributed by atoms with E-state index in [1.807, 2.05) is 97.9 Å². The molecule has 0 atom stereocenters. The summed E-state index contributed by atoms with van der Waals surface area (Å²) in [7, 11) is 0. The lowest BCUT2D eigenvalue weighted by Crippen LogP contribution is -2.27. The highest BCUT2D eigenvalue weighted by Crippen LogP contribution is 2.22. The van der Waals surface area contributed by atoms with Crippen LogP contribution in [0.5, 0.6) is 0 Å². The number of carbonyl (C=O) groups excluding carboxylic acids is 1. The van der Waals surface area contributed by atoms with Gasteiger partial charge in [0.1, 0.15) is 0 Å².